The van der Waals surface area contributed by atoms with Crippen LogP contribution < -0.4 is 16.0 Å². The summed E-state index contributed by atoms with van der Waals surface area (Å²) >= 11 is 1.37. The summed E-state index contributed by atoms with van der Waals surface area (Å²) in [6, 6.07) is 0. The third-order valence-corrected chi connectivity index (χ3v) is 5.02. The lowest BCUT2D eigenvalue weighted by Gasteiger charge is -2.14. The van der Waals surface area contributed by atoms with Gasteiger partial charge in [0.1, 0.15) is 10.7 Å². The number of rotatable bonds is 7. The molecule has 0 saturated carbocycles. The molecule has 0 aliphatic carbocycles. The maximum Gasteiger partial charge on any atom is 0.265 e. The van der Waals surface area contributed by atoms with Gasteiger partial charge in [0.25, 0.3) is 5.91 Å². The molecule has 2 heterocycles. The maximum atomic E-state index is 12.2. The van der Waals surface area contributed by atoms with Gasteiger partial charge in [0.15, 0.2) is 5.13 Å². The van der Waals surface area contributed by atoms with Crippen molar-refractivity contribution in [3.63, 3.8) is 0 Å². The number of thiazole rings is 1. The molecule has 1 aliphatic heterocycles. The van der Waals surface area contributed by atoms with Crippen molar-refractivity contribution < 1.29 is 9.90 Å². The molecule has 0 aromatic carbocycles. The number of hydrogen-bond donors (Lipinski definition) is 3. The Kier molecular flexibility index (Phi) is 5.81. The van der Waals surface area contributed by atoms with Gasteiger partial charge in [0.05, 0.1) is 0 Å². The second kappa shape index (κ2) is 7.61. The van der Waals surface area contributed by atoms with Gasteiger partial charge in [-0.2, -0.15) is 0 Å². The number of nitrogens with zero attached hydrogens (tertiary/aromatic N) is 2. The van der Waals surface area contributed by atoms with Crippen LogP contribution >= 0.6 is 11.3 Å². The van der Waals surface area contributed by atoms with Crippen molar-refractivity contribution in [2.75, 3.05) is 36.9 Å². The molecule has 1 amide bonds. The number of nitrogens with one attached hydrogen (secondary N) is 1. The normalized spacial score (nSPS) is 16.2. The number of amides is 1. The SMILES string of the molecule is CCC(CCO)CNC(=O)c1sc(N2CCCC2)nc1N. The Balaban J connectivity index is 1.95. The fourth-order valence-electron chi connectivity index (χ4n) is 2.48. The van der Waals surface area contributed by atoms with Crippen LogP contribution in [0.3, 0.4) is 0 Å². The minimum Gasteiger partial charge on any atom is -0.396 e. The summed E-state index contributed by atoms with van der Waals surface area (Å²) in [7, 11) is 0. The van der Waals surface area contributed by atoms with E-state index in [1.807, 2.05) is 0 Å². The second-order valence-electron chi connectivity index (χ2n) is 5.40. The summed E-state index contributed by atoms with van der Waals surface area (Å²) in [5, 5.41) is 12.7. The van der Waals surface area contributed by atoms with Crippen LogP contribution in [0.1, 0.15) is 42.3 Å². The first-order valence-electron chi connectivity index (χ1n) is 7.56. The van der Waals surface area contributed by atoms with Crippen molar-refractivity contribution in [2.45, 2.75) is 32.6 Å². The van der Waals surface area contributed by atoms with Gasteiger partial charge in [-0.15, -0.1) is 0 Å². The predicted octanol–water partition coefficient (Wildman–Crippen LogP) is 1.46. The number of carbonyl (C=O) groups excluding carboxylic acids is 1. The van der Waals surface area contributed by atoms with E-state index in [9.17, 15) is 4.79 Å². The van der Waals surface area contributed by atoms with Crippen molar-refractivity contribution in [3.8, 4) is 0 Å². The monoisotopic (exact) mass is 312 g/mol. The smallest absolute Gasteiger partial charge is 0.265 e. The molecular formula is C14H24N4O2S. The first kappa shape index (κ1) is 16.0. The van der Waals surface area contributed by atoms with Crippen LogP contribution in [0.25, 0.3) is 0 Å². The molecule has 0 spiro atoms. The predicted molar refractivity (Wildman–Crippen MR) is 85.8 cm³/mol. The number of nitrogens with two attached hydrogens (primary N) is 1. The standard InChI is InChI=1S/C14H24N4O2S/c1-2-10(5-8-19)9-16-13(20)11-12(15)17-14(21-11)18-6-3-4-7-18/h10,19H,2-9,15H2,1H3,(H,16,20). The van der Waals surface area contributed by atoms with E-state index in [2.05, 4.69) is 22.1 Å². The van der Waals surface area contributed by atoms with E-state index in [1.54, 1.807) is 0 Å². The Morgan fingerprint density at radius 2 is 2.24 bits per heavy atom. The van der Waals surface area contributed by atoms with Crippen molar-refractivity contribution in [3.05, 3.63) is 4.88 Å². The molecule has 1 unspecified atom stereocenters. The molecule has 1 aromatic heterocycles. The Morgan fingerprint density at radius 3 is 2.86 bits per heavy atom. The molecule has 1 aromatic rings. The quantitative estimate of drug-likeness (QED) is 0.709. The minimum absolute atomic E-state index is 0.149. The molecule has 7 heteroatoms. The van der Waals surface area contributed by atoms with Gasteiger partial charge in [-0.3, -0.25) is 4.79 Å². The lowest BCUT2D eigenvalue weighted by molar-refractivity contribution is 0.0948. The fourth-order valence-corrected chi connectivity index (χ4v) is 3.43. The fraction of sp³-hybridized carbons (Fsp3) is 0.714. The molecular weight excluding hydrogens is 288 g/mol. The summed E-state index contributed by atoms with van der Waals surface area (Å²) in [6.45, 7) is 4.74. The van der Waals surface area contributed by atoms with Gasteiger partial charge in [-0.05, 0) is 25.2 Å². The molecule has 118 valence electrons. The van der Waals surface area contributed by atoms with E-state index in [-0.39, 0.29) is 12.5 Å². The van der Waals surface area contributed by atoms with Crippen LogP contribution in [0.5, 0.6) is 0 Å². The lowest BCUT2D eigenvalue weighted by atomic mass is 10.0. The maximum absolute atomic E-state index is 12.2. The highest BCUT2D eigenvalue weighted by atomic mass is 32.1. The van der Waals surface area contributed by atoms with Crippen LogP contribution in [0.2, 0.25) is 0 Å². The topological polar surface area (TPSA) is 91.5 Å². The largest absolute Gasteiger partial charge is 0.396 e. The van der Waals surface area contributed by atoms with Gasteiger partial charge in [-0.25, -0.2) is 4.98 Å². The third kappa shape index (κ3) is 4.07. The molecule has 21 heavy (non-hydrogen) atoms. The molecule has 4 N–H and O–H groups in total. The molecule has 2 rings (SSSR count). The summed E-state index contributed by atoms with van der Waals surface area (Å²) in [5.74, 6) is 0.451. The van der Waals surface area contributed by atoms with Crippen LogP contribution in [-0.4, -0.2) is 42.2 Å². The van der Waals surface area contributed by atoms with Crippen LogP contribution in [0.4, 0.5) is 10.9 Å². The summed E-state index contributed by atoms with van der Waals surface area (Å²) < 4.78 is 0. The minimum atomic E-state index is -0.160. The number of carbonyl (C=O) groups is 1. The van der Waals surface area contributed by atoms with Gasteiger partial charge >= 0.3 is 0 Å². The number of aliphatic hydroxyl groups excluding tert-OH is 1. The Labute approximate surface area is 129 Å². The Morgan fingerprint density at radius 1 is 1.52 bits per heavy atom. The first-order chi connectivity index (χ1) is 10.2. The number of aliphatic hydroxyl groups is 1. The Hall–Kier alpha value is -1.34. The van der Waals surface area contributed by atoms with E-state index < -0.39 is 0 Å². The van der Waals surface area contributed by atoms with Gasteiger partial charge < -0.3 is 21.1 Å². The first-order valence-corrected chi connectivity index (χ1v) is 8.37. The van der Waals surface area contributed by atoms with Gasteiger partial charge in [-0.1, -0.05) is 24.7 Å². The lowest BCUT2D eigenvalue weighted by Crippen LogP contribution is -2.29. The van der Waals surface area contributed by atoms with Crippen LogP contribution in [-0.2, 0) is 0 Å². The number of nitrogen functional groups attached to an aromatic ring is 1. The second-order valence-corrected chi connectivity index (χ2v) is 6.38. The zero-order valence-electron chi connectivity index (χ0n) is 12.5. The summed E-state index contributed by atoms with van der Waals surface area (Å²) in [6.07, 6.45) is 3.97. The molecule has 1 saturated heterocycles. The van der Waals surface area contributed by atoms with E-state index >= 15 is 0 Å². The van der Waals surface area contributed by atoms with E-state index in [0.717, 1.165) is 24.6 Å². The molecule has 1 atom stereocenters. The average molecular weight is 312 g/mol. The summed E-state index contributed by atoms with van der Waals surface area (Å²) in [4.78, 5) is 19.2. The van der Waals surface area contributed by atoms with Gasteiger partial charge in [0.2, 0.25) is 0 Å². The molecule has 1 fully saturated rings. The highest BCUT2D eigenvalue weighted by Crippen LogP contribution is 2.30. The molecule has 0 radical (unpaired) electrons. The van der Waals surface area contributed by atoms with Crippen LogP contribution in [0.15, 0.2) is 0 Å². The van der Waals surface area contributed by atoms with Crippen molar-refractivity contribution in [1.29, 1.82) is 0 Å². The van der Waals surface area contributed by atoms with Crippen LogP contribution in [0, 0.1) is 5.92 Å². The number of aromatic nitrogens is 1. The molecule has 1 aliphatic rings. The van der Waals surface area contributed by atoms with E-state index in [1.165, 1.54) is 24.2 Å². The summed E-state index contributed by atoms with van der Waals surface area (Å²) in [5.41, 5.74) is 5.88. The average Bonchev–Trinajstić information content (AvgIpc) is 3.12. The van der Waals surface area contributed by atoms with E-state index in [0.29, 0.717) is 29.6 Å². The Bertz CT molecular complexity index is 472. The zero-order valence-corrected chi connectivity index (χ0v) is 13.3. The van der Waals surface area contributed by atoms with Crippen molar-refractivity contribution >= 4 is 28.2 Å². The van der Waals surface area contributed by atoms with Gasteiger partial charge in [0, 0.05) is 26.2 Å². The highest BCUT2D eigenvalue weighted by Gasteiger charge is 2.21. The van der Waals surface area contributed by atoms with Crippen molar-refractivity contribution in [2.24, 2.45) is 5.92 Å². The molecule has 6 nitrogen and oxygen atoms in total. The third-order valence-electron chi connectivity index (χ3n) is 3.89. The highest BCUT2D eigenvalue weighted by molar-refractivity contribution is 7.18. The number of hydrogen-bond acceptors (Lipinski definition) is 6. The van der Waals surface area contributed by atoms with E-state index in [4.69, 9.17) is 10.8 Å². The number of anilines is 2. The van der Waals surface area contributed by atoms with Crippen molar-refractivity contribution in [1.82, 2.24) is 10.3 Å². The zero-order chi connectivity index (χ0) is 15.2. The molecule has 0 bridgehead atoms.